The Kier molecular flexibility index (Phi) is 5.03. The van der Waals surface area contributed by atoms with Crippen molar-refractivity contribution in [2.45, 2.75) is 11.4 Å². The van der Waals surface area contributed by atoms with Crippen LogP contribution in [0.25, 0.3) is 11.4 Å². The van der Waals surface area contributed by atoms with Gasteiger partial charge in [-0.05, 0) is 41.6 Å². The highest BCUT2D eigenvalue weighted by atomic mass is 79.9. The normalized spacial score (nSPS) is 11.5. The largest absolute Gasteiger partial charge is 0.240 e. The van der Waals surface area contributed by atoms with E-state index in [1.807, 2.05) is 24.3 Å². The Balaban J connectivity index is 1.61. The van der Waals surface area contributed by atoms with E-state index in [-0.39, 0.29) is 18.0 Å². The molecule has 0 aliphatic carbocycles. The van der Waals surface area contributed by atoms with Gasteiger partial charge in [0.05, 0.1) is 11.4 Å². The maximum absolute atomic E-state index is 12.1. The van der Waals surface area contributed by atoms with Crippen LogP contribution in [0.15, 0.2) is 64.0 Å². The van der Waals surface area contributed by atoms with Gasteiger partial charge in [0.2, 0.25) is 15.8 Å². The molecule has 0 atom stereocenters. The van der Waals surface area contributed by atoms with E-state index in [4.69, 9.17) is 0 Å². The first-order valence-electron chi connectivity index (χ1n) is 7.13. The van der Waals surface area contributed by atoms with Crippen LogP contribution in [0, 0.1) is 0 Å². The summed E-state index contributed by atoms with van der Waals surface area (Å²) in [7, 11) is -3.53. The maximum Gasteiger partial charge on any atom is 0.240 e. The number of halogens is 1. The number of sulfonamides is 1. The van der Waals surface area contributed by atoms with Crippen molar-refractivity contribution < 1.29 is 8.42 Å². The minimum atomic E-state index is -3.53. The van der Waals surface area contributed by atoms with Crippen molar-refractivity contribution in [3.05, 3.63) is 59.1 Å². The van der Waals surface area contributed by atoms with Gasteiger partial charge in [-0.1, -0.05) is 34.1 Å². The predicted octanol–water partition coefficient (Wildman–Crippen LogP) is 2.08. The van der Waals surface area contributed by atoms with Crippen LogP contribution in [0.5, 0.6) is 0 Å². The second-order valence-electron chi connectivity index (χ2n) is 4.93. The SMILES string of the molecule is O=S(=O)(NCCn1nnc(-c2ccc(Br)cc2)n1)c1ccccc1. The summed E-state index contributed by atoms with van der Waals surface area (Å²) in [5, 5.41) is 12.2. The zero-order chi connectivity index (χ0) is 17.0. The van der Waals surface area contributed by atoms with Crippen molar-refractivity contribution in [2.75, 3.05) is 6.54 Å². The minimum absolute atomic E-state index is 0.174. The fourth-order valence-corrected chi connectivity index (χ4v) is 3.32. The van der Waals surface area contributed by atoms with Gasteiger partial charge in [-0.3, -0.25) is 0 Å². The molecule has 0 saturated heterocycles. The quantitative estimate of drug-likeness (QED) is 0.675. The average Bonchev–Trinajstić information content (AvgIpc) is 3.05. The highest BCUT2D eigenvalue weighted by molar-refractivity contribution is 9.10. The molecule has 24 heavy (non-hydrogen) atoms. The first-order valence-corrected chi connectivity index (χ1v) is 9.41. The second-order valence-corrected chi connectivity index (χ2v) is 7.61. The molecule has 0 fully saturated rings. The monoisotopic (exact) mass is 407 g/mol. The number of nitrogens with one attached hydrogen (secondary N) is 1. The fourth-order valence-electron chi connectivity index (χ4n) is 2.02. The van der Waals surface area contributed by atoms with E-state index < -0.39 is 10.0 Å². The van der Waals surface area contributed by atoms with Crippen LogP contribution in [-0.4, -0.2) is 35.2 Å². The Morgan fingerprint density at radius 2 is 1.75 bits per heavy atom. The van der Waals surface area contributed by atoms with Crippen molar-refractivity contribution in [2.24, 2.45) is 0 Å². The highest BCUT2D eigenvalue weighted by Gasteiger charge is 2.13. The summed E-state index contributed by atoms with van der Waals surface area (Å²) in [4.78, 5) is 1.59. The average molecular weight is 408 g/mol. The third-order valence-corrected chi connectivity index (χ3v) is 5.22. The lowest BCUT2D eigenvalue weighted by Gasteiger charge is -2.05. The lowest BCUT2D eigenvalue weighted by molar-refractivity contribution is 0.511. The number of rotatable bonds is 6. The molecule has 1 heterocycles. The van der Waals surface area contributed by atoms with Crippen LogP contribution in [0.4, 0.5) is 0 Å². The Hall–Kier alpha value is -2.10. The summed E-state index contributed by atoms with van der Waals surface area (Å²) in [6.07, 6.45) is 0. The number of nitrogens with zero attached hydrogens (tertiary/aromatic N) is 4. The van der Waals surface area contributed by atoms with E-state index in [2.05, 4.69) is 36.1 Å². The predicted molar refractivity (Wildman–Crippen MR) is 92.6 cm³/mol. The van der Waals surface area contributed by atoms with E-state index in [9.17, 15) is 8.42 Å². The minimum Gasteiger partial charge on any atom is -0.209 e. The lowest BCUT2D eigenvalue weighted by Crippen LogP contribution is -2.28. The van der Waals surface area contributed by atoms with E-state index >= 15 is 0 Å². The van der Waals surface area contributed by atoms with E-state index in [0.717, 1.165) is 10.0 Å². The first kappa shape index (κ1) is 16.7. The smallest absolute Gasteiger partial charge is 0.209 e. The summed E-state index contributed by atoms with van der Waals surface area (Å²) in [6, 6.07) is 15.8. The van der Waals surface area contributed by atoms with Crippen LogP contribution in [0.3, 0.4) is 0 Å². The van der Waals surface area contributed by atoms with Crippen molar-refractivity contribution >= 4 is 26.0 Å². The van der Waals surface area contributed by atoms with Gasteiger partial charge in [0, 0.05) is 16.6 Å². The summed E-state index contributed by atoms with van der Waals surface area (Å²) in [5.74, 6) is 0.494. The summed E-state index contributed by atoms with van der Waals surface area (Å²) in [5.41, 5.74) is 0.842. The Morgan fingerprint density at radius 3 is 2.46 bits per heavy atom. The topological polar surface area (TPSA) is 89.8 Å². The molecular formula is C15H14BrN5O2S. The van der Waals surface area contributed by atoms with E-state index in [1.54, 1.807) is 30.3 Å². The molecule has 0 spiro atoms. The molecule has 0 saturated carbocycles. The maximum atomic E-state index is 12.1. The van der Waals surface area contributed by atoms with Gasteiger partial charge in [0.25, 0.3) is 0 Å². The van der Waals surface area contributed by atoms with Crippen molar-refractivity contribution in [3.8, 4) is 11.4 Å². The van der Waals surface area contributed by atoms with E-state index in [1.165, 1.54) is 4.80 Å². The molecule has 0 aliphatic rings. The molecule has 124 valence electrons. The third-order valence-electron chi connectivity index (χ3n) is 3.21. The molecule has 7 nitrogen and oxygen atoms in total. The molecule has 0 aliphatic heterocycles. The van der Waals surface area contributed by atoms with Gasteiger partial charge >= 0.3 is 0 Å². The molecule has 1 aromatic heterocycles. The number of hydrogen-bond acceptors (Lipinski definition) is 5. The Labute approximate surface area is 147 Å². The molecule has 2 aromatic carbocycles. The zero-order valence-corrected chi connectivity index (χ0v) is 14.9. The van der Waals surface area contributed by atoms with Crippen molar-refractivity contribution in [3.63, 3.8) is 0 Å². The van der Waals surface area contributed by atoms with Gasteiger partial charge in [0.15, 0.2) is 0 Å². The highest BCUT2D eigenvalue weighted by Crippen LogP contribution is 2.17. The number of hydrogen-bond donors (Lipinski definition) is 1. The molecule has 0 amide bonds. The Bertz CT molecular complexity index is 911. The zero-order valence-electron chi connectivity index (χ0n) is 12.5. The van der Waals surface area contributed by atoms with Crippen LogP contribution >= 0.6 is 15.9 Å². The lowest BCUT2D eigenvalue weighted by atomic mass is 10.2. The van der Waals surface area contributed by atoms with E-state index in [0.29, 0.717) is 5.82 Å². The Morgan fingerprint density at radius 1 is 1.04 bits per heavy atom. The standard InChI is InChI=1S/C15H14BrN5O2S/c16-13-8-6-12(7-9-13)15-18-20-21(19-15)11-10-17-24(22,23)14-4-2-1-3-5-14/h1-9,17H,10-11H2. The molecule has 1 N–H and O–H groups in total. The molecule has 0 bridgehead atoms. The molecule has 0 unspecified atom stereocenters. The molecule has 9 heteroatoms. The fraction of sp³-hybridized carbons (Fsp3) is 0.133. The molecule has 0 radical (unpaired) electrons. The molecule has 3 aromatic rings. The van der Waals surface area contributed by atoms with Crippen molar-refractivity contribution in [1.29, 1.82) is 0 Å². The van der Waals surface area contributed by atoms with Gasteiger partial charge in [-0.25, -0.2) is 13.1 Å². The molecular weight excluding hydrogens is 394 g/mol. The number of aromatic nitrogens is 4. The summed E-state index contributed by atoms with van der Waals surface area (Å²) < 4.78 is 27.7. The van der Waals surface area contributed by atoms with Gasteiger partial charge < -0.3 is 0 Å². The summed E-state index contributed by atoms with van der Waals surface area (Å²) in [6.45, 7) is 0.461. The van der Waals surface area contributed by atoms with Crippen LogP contribution in [0.1, 0.15) is 0 Å². The summed E-state index contributed by atoms with van der Waals surface area (Å²) >= 11 is 3.37. The first-order chi connectivity index (χ1) is 11.5. The van der Waals surface area contributed by atoms with Crippen LogP contribution in [-0.2, 0) is 16.6 Å². The third kappa shape index (κ3) is 4.05. The molecule has 3 rings (SSSR count). The second kappa shape index (κ2) is 7.20. The van der Waals surface area contributed by atoms with Crippen LogP contribution in [0.2, 0.25) is 0 Å². The van der Waals surface area contributed by atoms with Gasteiger partial charge in [0.1, 0.15) is 0 Å². The number of benzene rings is 2. The van der Waals surface area contributed by atoms with Crippen LogP contribution < -0.4 is 4.72 Å². The van der Waals surface area contributed by atoms with Gasteiger partial charge in [-0.15, -0.1) is 10.2 Å². The van der Waals surface area contributed by atoms with Crippen molar-refractivity contribution in [1.82, 2.24) is 24.9 Å². The van der Waals surface area contributed by atoms with Gasteiger partial charge in [-0.2, -0.15) is 4.80 Å². The number of tetrazole rings is 1.